The first-order chi connectivity index (χ1) is 12.9. The molecule has 0 bridgehead atoms. The monoisotopic (exact) mass is 372 g/mol. The van der Waals surface area contributed by atoms with E-state index in [1.54, 1.807) is 12.1 Å². The number of benzene rings is 1. The van der Waals surface area contributed by atoms with Crippen molar-refractivity contribution in [3.05, 3.63) is 52.3 Å². The fraction of sp³-hybridized carbons (Fsp3) is 0.389. The van der Waals surface area contributed by atoms with Crippen molar-refractivity contribution in [2.24, 2.45) is 5.41 Å². The number of hydrogen-bond acceptors (Lipinski definition) is 5. The number of nitro benzene ring substituents is 1. The van der Waals surface area contributed by atoms with E-state index in [9.17, 15) is 24.8 Å². The Labute approximate surface area is 155 Å². The molecule has 1 amide bonds. The summed E-state index contributed by atoms with van der Waals surface area (Å²) in [7, 11) is 0. The molecule has 0 saturated heterocycles. The third-order valence-electron chi connectivity index (χ3n) is 5.00. The summed E-state index contributed by atoms with van der Waals surface area (Å²) in [5, 5.41) is 27.5. The van der Waals surface area contributed by atoms with E-state index in [1.165, 1.54) is 29.1 Å². The topological polar surface area (TPSA) is 127 Å². The van der Waals surface area contributed by atoms with Crippen molar-refractivity contribution in [1.29, 1.82) is 0 Å². The number of hydrogen-bond donors (Lipinski definition) is 2. The van der Waals surface area contributed by atoms with Crippen molar-refractivity contribution >= 4 is 17.6 Å². The van der Waals surface area contributed by atoms with Crippen molar-refractivity contribution in [3.8, 4) is 5.69 Å². The Balaban J connectivity index is 1.74. The normalized spacial score (nSPS) is 15.9. The zero-order valence-electron chi connectivity index (χ0n) is 14.6. The Bertz CT molecular complexity index is 870. The van der Waals surface area contributed by atoms with Crippen molar-refractivity contribution in [2.75, 3.05) is 6.54 Å². The summed E-state index contributed by atoms with van der Waals surface area (Å²) in [5.41, 5.74) is -0.741. The molecule has 9 heteroatoms. The summed E-state index contributed by atoms with van der Waals surface area (Å²) in [6, 6.07) is 7.53. The number of aliphatic carboxylic acids is 1. The number of carboxylic acid groups (broad SMARTS) is 1. The number of nitrogens with zero attached hydrogens (tertiary/aromatic N) is 3. The van der Waals surface area contributed by atoms with Gasteiger partial charge in [0.25, 0.3) is 11.6 Å². The highest BCUT2D eigenvalue weighted by Gasteiger charge is 2.39. The largest absolute Gasteiger partial charge is 0.481 e. The smallest absolute Gasteiger partial charge is 0.311 e. The lowest BCUT2D eigenvalue weighted by atomic mass is 9.74. The number of amides is 1. The van der Waals surface area contributed by atoms with E-state index < -0.39 is 22.2 Å². The molecule has 2 aromatic rings. The van der Waals surface area contributed by atoms with Gasteiger partial charge >= 0.3 is 5.97 Å². The standard InChI is InChI=1S/C18H20N4O5/c23-16(19-12-18(17(24)25)9-4-1-5-10-18)13-8-11-21(20-13)14-6-2-3-7-15(14)22(26)27/h2-3,6-8,11H,1,4-5,9-10,12H2,(H,19,23)(H,24,25). The highest BCUT2D eigenvalue weighted by molar-refractivity contribution is 5.92. The van der Waals surface area contributed by atoms with Gasteiger partial charge in [0.05, 0.1) is 10.3 Å². The molecular formula is C18H20N4O5. The van der Waals surface area contributed by atoms with Gasteiger partial charge in [-0.2, -0.15) is 5.10 Å². The predicted molar refractivity (Wildman–Crippen MR) is 95.7 cm³/mol. The average molecular weight is 372 g/mol. The molecule has 142 valence electrons. The summed E-state index contributed by atoms with van der Waals surface area (Å²) in [4.78, 5) is 34.7. The van der Waals surface area contributed by atoms with Crippen LogP contribution in [0.5, 0.6) is 0 Å². The van der Waals surface area contributed by atoms with E-state index >= 15 is 0 Å². The van der Waals surface area contributed by atoms with Crippen LogP contribution < -0.4 is 5.32 Å². The highest BCUT2D eigenvalue weighted by atomic mass is 16.6. The van der Waals surface area contributed by atoms with Crippen LogP contribution in [-0.4, -0.2) is 38.2 Å². The van der Waals surface area contributed by atoms with Crippen LogP contribution >= 0.6 is 0 Å². The van der Waals surface area contributed by atoms with E-state index in [4.69, 9.17) is 0 Å². The first-order valence-electron chi connectivity index (χ1n) is 8.74. The van der Waals surface area contributed by atoms with Crippen LogP contribution in [0.15, 0.2) is 36.5 Å². The Morgan fingerprint density at radius 2 is 1.93 bits per heavy atom. The van der Waals surface area contributed by atoms with Gasteiger partial charge in [0.1, 0.15) is 5.69 Å². The van der Waals surface area contributed by atoms with Gasteiger partial charge in [0, 0.05) is 18.8 Å². The summed E-state index contributed by atoms with van der Waals surface area (Å²) >= 11 is 0. The molecule has 2 N–H and O–H groups in total. The van der Waals surface area contributed by atoms with E-state index in [0.29, 0.717) is 12.8 Å². The Kier molecular flexibility index (Phi) is 5.20. The summed E-state index contributed by atoms with van der Waals surface area (Å²) in [5.74, 6) is -1.40. The maximum absolute atomic E-state index is 12.4. The Morgan fingerprint density at radius 3 is 2.59 bits per heavy atom. The summed E-state index contributed by atoms with van der Waals surface area (Å²) in [6.07, 6.45) is 5.19. The van der Waals surface area contributed by atoms with Crippen molar-refractivity contribution in [3.63, 3.8) is 0 Å². The molecule has 1 fully saturated rings. The van der Waals surface area contributed by atoms with Crippen LogP contribution in [0, 0.1) is 15.5 Å². The van der Waals surface area contributed by atoms with Crippen LogP contribution in [0.4, 0.5) is 5.69 Å². The minimum Gasteiger partial charge on any atom is -0.481 e. The van der Waals surface area contributed by atoms with Gasteiger partial charge in [0.15, 0.2) is 5.69 Å². The third kappa shape index (κ3) is 3.81. The van der Waals surface area contributed by atoms with E-state index in [0.717, 1.165) is 19.3 Å². The number of carboxylic acids is 1. The summed E-state index contributed by atoms with van der Waals surface area (Å²) < 4.78 is 1.26. The fourth-order valence-electron chi connectivity index (χ4n) is 3.43. The quantitative estimate of drug-likeness (QED) is 0.592. The number of para-hydroxylation sites is 2. The molecule has 1 aliphatic carbocycles. The second-order valence-corrected chi connectivity index (χ2v) is 6.72. The lowest BCUT2D eigenvalue weighted by Crippen LogP contribution is -2.44. The average Bonchev–Trinajstić information content (AvgIpc) is 3.17. The minimum absolute atomic E-state index is 0.0412. The number of rotatable bonds is 6. The van der Waals surface area contributed by atoms with Gasteiger partial charge in [-0.15, -0.1) is 0 Å². The van der Waals surface area contributed by atoms with Gasteiger partial charge < -0.3 is 10.4 Å². The van der Waals surface area contributed by atoms with Crippen LogP contribution in [0.1, 0.15) is 42.6 Å². The Hall–Kier alpha value is -3.23. The highest BCUT2D eigenvalue weighted by Crippen LogP contribution is 2.36. The molecular weight excluding hydrogens is 352 g/mol. The number of carbonyl (C=O) groups excluding carboxylic acids is 1. The predicted octanol–water partition coefficient (Wildman–Crippen LogP) is 2.55. The second-order valence-electron chi connectivity index (χ2n) is 6.72. The zero-order valence-corrected chi connectivity index (χ0v) is 14.6. The van der Waals surface area contributed by atoms with Gasteiger partial charge in [0.2, 0.25) is 0 Å². The SMILES string of the molecule is O=C(NCC1(C(=O)O)CCCCC1)c1ccn(-c2ccccc2[N+](=O)[O-])n1. The Morgan fingerprint density at radius 1 is 1.22 bits per heavy atom. The molecule has 1 heterocycles. The second kappa shape index (κ2) is 7.56. The van der Waals surface area contributed by atoms with Crippen LogP contribution in [-0.2, 0) is 4.79 Å². The van der Waals surface area contributed by atoms with Gasteiger partial charge in [-0.3, -0.25) is 19.7 Å². The van der Waals surface area contributed by atoms with Crippen LogP contribution in [0.3, 0.4) is 0 Å². The first-order valence-corrected chi connectivity index (χ1v) is 8.74. The number of nitrogens with one attached hydrogen (secondary N) is 1. The van der Waals surface area contributed by atoms with Crippen LogP contribution in [0.25, 0.3) is 5.69 Å². The number of carbonyl (C=O) groups is 2. The van der Waals surface area contributed by atoms with E-state index in [2.05, 4.69) is 10.4 Å². The number of aromatic nitrogens is 2. The van der Waals surface area contributed by atoms with Gasteiger partial charge in [-0.25, -0.2) is 4.68 Å². The maximum atomic E-state index is 12.4. The molecule has 3 rings (SSSR count). The molecule has 1 aromatic carbocycles. The van der Waals surface area contributed by atoms with Gasteiger partial charge in [-0.1, -0.05) is 31.4 Å². The van der Waals surface area contributed by atoms with Crippen molar-refractivity contribution in [2.45, 2.75) is 32.1 Å². The molecule has 0 unspecified atom stereocenters. The molecule has 9 nitrogen and oxygen atoms in total. The third-order valence-corrected chi connectivity index (χ3v) is 5.00. The molecule has 27 heavy (non-hydrogen) atoms. The zero-order chi connectivity index (χ0) is 19.4. The fourth-order valence-corrected chi connectivity index (χ4v) is 3.43. The lowest BCUT2D eigenvalue weighted by Gasteiger charge is -2.33. The molecule has 1 aromatic heterocycles. The van der Waals surface area contributed by atoms with E-state index in [-0.39, 0.29) is 23.6 Å². The van der Waals surface area contributed by atoms with Gasteiger partial charge in [-0.05, 0) is 25.0 Å². The molecule has 0 aliphatic heterocycles. The van der Waals surface area contributed by atoms with E-state index in [1.807, 2.05) is 0 Å². The molecule has 0 atom stereocenters. The first kappa shape index (κ1) is 18.6. The maximum Gasteiger partial charge on any atom is 0.311 e. The molecule has 1 aliphatic rings. The summed E-state index contributed by atoms with van der Waals surface area (Å²) in [6.45, 7) is 0.0412. The molecule has 0 spiro atoms. The molecule has 1 saturated carbocycles. The van der Waals surface area contributed by atoms with Crippen molar-refractivity contribution in [1.82, 2.24) is 15.1 Å². The van der Waals surface area contributed by atoms with Crippen LogP contribution in [0.2, 0.25) is 0 Å². The molecule has 0 radical (unpaired) electrons. The lowest BCUT2D eigenvalue weighted by molar-refractivity contribution is -0.384. The minimum atomic E-state index is -0.936. The van der Waals surface area contributed by atoms with Crippen molar-refractivity contribution < 1.29 is 19.6 Å². The number of nitro groups is 1.